The Morgan fingerprint density at radius 2 is 1.59 bits per heavy atom. The van der Waals surface area contributed by atoms with E-state index in [0.29, 0.717) is 16.2 Å². The van der Waals surface area contributed by atoms with E-state index in [0.717, 1.165) is 0 Å². The van der Waals surface area contributed by atoms with Gasteiger partial charge in [0.1, 0.15) is 11.9 Å². The third kappa shape index (κ3) is 7.26. The van der Waals surface area contributed by atoms with Crippen molar-refractivity contribution in [2.24, 2.45) is 0 Å². The molecule has 208 valence electrons. The molecular weight excluding hydrogens is 525 g/mol. The summed E-state index contributed by atoms with van der Waals surface area (Å²) in [5, 5.41) is 7.28. The molecule has 0 saturated carbocycles. The fraction of sp³-hybridized carbons (Fsp3) is 0.321. The lowest BCUT2D eigenvalue weighted by Crippen LogP contribution is -2.51. The zero-order valence-electron chi connectivity index (χ0n) is 22.7. The van der Waals surface area contributed by atoms with Gasteiger partial charge < -0.3 is 24.8 Å². The summed E-state index contributed by atoms with van der Waals surface area (Å²) < 4.78 is 30.3. The van der Waals surface area contributed by atoms with Crippen molar-refractivity contribution in [2.75, 3.05) is 32.8 Å². The van der Waals surface area contributed by atoms with Crippen molar-refractivity contribution < 1.29 is 33.0 Å². The first kappa shape index (κ1) is 29.4. The predicted octanol–water partition coefficient (Wildman–Crippen LogP) is 4.33. The van der Waals surface area contributed by atoms with E-state index in [4.69, 9.17) is 14.2 Å². The number of carbonyl (C=O) groups excluding carboxylic acids is 3. The summed E-state index contributed by atoms with van der Waals surface area (Å²) in [5.41, 5.74) is -0.0657. The molecule has 9 nitrogen and oxygen atoms in total. The van der Waals surface area contributed by atoms with E-state index in [2.05, 4.69) is 10.6 Å². The Morgan fingerprint density at radius 1 is 0.974 bits per heavy atom. The molecule has 0 fully saturated rings. The zero-order valence-corrected chi connectivity index (χ0v) is 23.5. The number of carbonyl (C=O) groups is 3. The monoisotopic (exact) mass is 557 g/mol. The summed E-state index contributed by atoms with van der Waals surface area (Å²) in [4.78, 5) is 41.8. The molecular formula is C28H32FN3O6S. The number of ether oxygens (including phenoxy) is 3. The van der Waals surface area contributed by atoms with Crippen LogP contribution in [0.1, 0.15) is 42.0 Å². The Labute approximate surface area is 230 Å². The van der Waals surface area contributed by atoms with Crippen molar-refractivity contribution in [3.63, 3.8) is 0 Å². The molecule has 39 heavy (non-hydrogen) atoms. The first-order valence-electron chi connectivity index (χ1n) is 12.0. The number of hydrogen-bond donors (Lipinski definition) is 2. The van der Waals surface area contributed by atoms with Gasteiger partial charge >= 0.3 is 0 Å². The van der Waals surface area contributed by atoms with E-state index in [9.17, 15) is 18.8 Å². The lowest BCUT2D eigenvalue weighted by molar-refractivity contribution is -0.127. The number of nitrogens with one attached hydrogen (secondary N) is 2. The van der Waals surface area contributed by atoms with Gasteiger partial charge in [0.2, 0.25) is 17.6 Å². The van der Waals surface area contributed by atoms with Gasteiger partial charge in [0.25, 0.3) is 5.91 Å². The topological polar surface area (TPSA) is 106 Å². The van der Waals surface area contributed by atoms with Crippen molar-refractivity contribution in [2.45, 2.75) is 32.4 Å². The maximum absolute atomic E-state index is 13.9. The summed E-state index contributed by atoms with van der Waals surface area (Å²) >= 11 is 1.23. The summed E-state index contributed by atoms with van der Waals surface area (Å²) in [6.45, 7) is 5.01. The maximum Gasteiger partial charge on any atom is 0.261 e. The number of thiophene rings is 1. The van der Waals surface area contributed by atoms with E-state index in [1.165, 1.54) is 61.8 Å². The average molecular weight is 558 g/mol. The van der Waals surface area contributed by atoms with Crippen molar-refractivity contribution in [1.82, 2.24) is 10.6 Å². The van der Waals surface area contributed by atoms with Crippen LogP contribution in [0.2, 0.25) is 0 Å². The van der Waals surface area contributed by atoms with E-state index in [1.54, 1.807) is 29.6 Å². The van der Waals surface area contributed by atoms with Crippen LogP contribution in [0.3, 0.4) is 0 Å². The summed E-state index contributed by atoms with van der Waals surface area (Å²) in [6.07, 6.45) is 0. The molecule has 2 N–H and O–H groups in total. The number of rotatable bonds is 10. The van der Waals surface area contributed by atoms with Crippen LogP contribution in [0.5, 0.6) is 17.2 Å². The van der Waals surface area contributed by atoms with Crippen LogP contribution in [-0.4, -0.2) is 51.1 Å². The van der Waals surface area contributed by atoms with Crippen molar-refractivity contribution in [3.05, 3.63) is 70.2 Å². The SMILES string of the molecule is COc1cc(C(C(=O)NC(C)(C)C)N(C(=O)CNC(=O)c2cccs2)c2ccc(F)cc2)cc(OC)c1OC. The highest BCUT2D eigenvalue weighted by atomic mass is 32.1. The molecule has 3 amide bonds. The van der Waals surface area contributed by atoms with Gasteiger partial charge in [0.15, 0.2) is 11.5 Å². The molecule has 0 bridgehead atoms. The minimum Gasteiger partial charge on any atom is -0.493 e. The quantitative estimate of drug-likeness (QED) is 0.384. The molecule has 0 aliphatic heterocycles. The average Bonchev–Trinajstić information content (AvgIpc) is 3.44. The molecule has 0 aliphatic rings. The molecule has 2 aromatic carbocycles. The Kier molecular flexibility index (Phi) is 9.52. The van der Waals surface area contributed by atoms with Crippen molar-refractivity contribution in [1.29, 1.82) is 0 Å². The second-order valence-corrected chi connectivity index (χ2v) is 10.4. The van der Waals surface area contributed by atoms with Crippen LogP contribution in [0.4, 0.5) is 10.1 Å². The van der Waals surface area contributed by atoms with Crippen LogP contribution in [-0.2, 0) is 9.59 Å². The van der Waals surface area contributed by atoms with E-state index in [-0.39, 0.29) is 17.2 Å². The highest BCUT2D eigenvalue weighted by molar-refractivity contribution is 7.12. The van der Waals surface area contributed by atoms with E-state index >= 15 is 0 Å². The lowest BCUT2D eigenvalue weighted by Gasteiger charge is -2.34. The Balaban J connectivity index is 2.15. The molecule has 1 unspecified atom stereocenters. The zero-order chi connectivity index (χ0) is 28.7. The summed E-state index contributed by atoms with van der Waals surface area (Å²) in [6, 6.07) is 10.4. The minimum absolute atomic E-state index is 0.245. The molecule has 1 atom stereocenters. The van der Waals surface area contributed by atoms with Gasteiger partial charge in [-0.15, -0.1) is 11.3 Å². The largest absolute Gasteiger partial charge is 0.493 e. The Hall–Kier alpha value is -4.12. The molecule has 1 heterocycles. The molecule has 0 radical (unpaired) electrons. The fourth-order valence-electron chi connectivity index (χ4n) is 3.89. The van der Waals surface area contributed by atoms with Crippen LogP contribution in [0.15, 0.2) is 53.9 Å². The van der Waals surface area contributed by atoms with Crippen LogP contribution in [0, 0.1) is 5.82 Å². The van der Waals surface area contributed by atoms with Crippen LogP contribution in [0.25, 0.3) is 0 Å². The number of halogens is 1. The molecule has 1 aromatic heterocycles. The standard InChI is InChI=1S/C28H32FN3O6S/c1-28(2,3)31-27(35)24(17-14-20(36-4)25(38-6)21(15-17)37-5)32(19-11-9-18(29)10-12-19)23(33)16-30-26(34)22-8-7-13-39-22/h7-15,24H,16H2,1-6H3,(H,30,34)(H,31,35). The molecule has 0 saturated heterocycles. The lowest BCUT2D eigenvalue weighted by atomic mass is 9.99. The van der Waals surface area contributed by atoms with Crippen LogP contribution < -0.4 is 29.7 Å². The highest BCUT2D eigenvalue weighted by Gasteiger charge is 2.36. The van der Waals surface area contributed by atoms with Gasteiger partial charge in [0, 0.05) is 11.2 Å². The van der Waals surface area contributed by atoms with E-state index in [1.807, 2.05) is 20.8 Å². The Bertz CT molecular complexity index is 1280. The van der Waals surface area contributed by atoms with Gasteiger partial charge in [-0.3, -0.25) is 19.3 Å². The first-order chi connectivity index (χ1) is 18.5. The predicted molar refractivity (Wildman–Crippen MR) is 147 cm³/mol. The third-order valence-corrected chi connectivity index (χ3v) is 6.39. The number of methoxy groups -OCH3 is 3. The second-order valence-electron chi connectivity index (χ2n) is 9.50. The summed E-state index contributed by atoms with van der Waals surface area (Å²) in [5.74, 6) is -1.20. The smallest absolute Gasteiger partial charge is 0.261 e. The first-order valence-corrected chi connectivity index (χ1v) is 12.9. The fourth-order valence-corrected chi connectivity index (χ4v) is 4.53. The number of anilines is 1. The third-order valence-electron chi connectivity index (χ3n) is 5.53. The van der Waals surface area contributed by atoms with Gasteiger partial charge in [0.05, 0.1) is 32.8 Å². The maximum atomic E-state index is 13.9. The second kappa shape index (κ2) is 12.6. The van der Waals surface area contributed by atoms with Crippen molar-refractivity contribution >= 4 is 34.7 Å². The van der Waals surface area contributed by atoms with Gasteiger partial charge in [-0.05, 0) is 74.2 Å². The molecule has 0 spiro atoms. The van der Waals surface area contributed by atoms with E-state index < -0.39 is 41.7 Å². The van der Waals surface area contributed by atoms with Gasteiger partial charge in [-0.1, -0.05) is 6.07 Å². The summed E-state index contributed by atoms with van der Waals surface area (Å²) in [7, 11) is 4.33. The normalized spacial score (nSPS) is 11.8. The molecule has 0 aliphatic carbocycles. The van der Waals surface area contributed by atoms with Crippen molar-refractivity contribution in [3.8, 4) is 17.2 Å². The number of nitrogens with zero attached hydrogens (tertiary/aromatic N) is 1. The minimum atomic E-state index is -1.26. The number of benzene rings is 2. The molecule has 3 aromatic rings. The van der Waals surface area contributed by atoms with Gasteiger partial charge in [-0.25, -0.2) is 4.39 Å². The van der Waals surface area contributed by atoms with Crippen LogP contribution >= 0.6 is 11.3 Å². The number of hydrogen-bond acceptors (Lipinski definition) is 7. The highest BCUT2D eigenvalue weighted by Crippen LogP contribution is 2.41. The number of amides is 3. The van der Waals surface area contributed by atoms with Gasteiger partial charge in [-0.2, -0.15) is 0 Å². The molecule has 11 heteroatoms. The molecule has 3 rings (SSSR count). The Morgan fingerprint density at radius 3 is 2.08 bits per heavy atom.